The molecule has 0 fully saturated rings. The van der Waals surface area contributed by atoms with Gasteiger partial charge in [-0.3, -0.25) is 0 Å². The van der Waals surface area contributed by atoms with Gasteiger partial charge in [0.15, 0.2) is 5.88 Å². The summed E-state index contributed by atoms with van der Waals surface area (Å²) in [6.45, 7) is 14.2. The van der Waals surface area contributed by atoms with Gasteiger partial charge in [-0.15, -0.1) is 21.7 Å². The average Bonchev–Trinajstić information content (AvgIpc) is 2.89. The molecule has 1 aliphatic rings. The van der Waals surface area contributed by atoms with Crippen molar-refractivity contribution in [1.29, 1.82) is 0 Å². The smallest absolute Gasteiger partial charge is 0.219 e. The number of pyridine rings is 1. The van der Waals surface area contributed by atoms with Crippen molar-refractivity contribution in [2.45, 2.75) is 77.7 Å². The number of nitrogens with zero attached hydrogens (tertiary/aromatic N) is 3. The lowest BCUT2D eigenvalue weighted by Gasteiger charge is -2.54. The predicted molar refractivity (Wildman–Crippen MR) is 123 cm³/mol. The van der Waals surface area contributed by atoms with Crippen molar-refractivity contribution in [2.75, 3.05) is 20.3 Å². The van der Waals surface area contributed by atoms with Crippen LogP contribution < -0.4 is 9.16 Å². The first-order chi connectivity index (χ1) is 14.8. The molecule has 0 amide bonds. The third-order valence-electron chi connectivity index (χ3n) is 6.51. The highest BCUT2D eigenvalue weighted by Gasteiger charge is 2.36. The zero-order chi connectivity index (χ0) is 22.8. The minimum Gasteiger partial charge on any atom is -0.674 e. The lowest BCUT2D eigenvalue weighted by Crippen LogP contribution is -2.51. The molecular formula is C23H36FN3O3Si-. The van der Waals surface area contributed by atoms with Crippen LogP contribution in [0.15, 0.2) is 12.3 Å². The highest BCUT2D eigenvalue weighted by atomic mass is 28.4. The Morgan fingerprint density at radius 1 is 1.06 bits per heavy atom. The molecule has 0 aliphatic carbocycles. The van der Waals surface area contributed by atoms with Gasteiger partial charge in [-0.2, -0.15) is 0 Å². The van der Waals surface area contributed by atoms with Gasteiger partial charge in [0.1, 0.15) is 6.67 Å². The SMILES string of the molecule is COc1ncc(-n2nc(O[Si-](C(C)C)(C(C)C)C(C)C)c3c2CCOCC3)cc1CF. The van der Waals surface area contributed by atoms with Crippen LogP contribution in [0.4, 0.5) is 4.39 Å². The molecule has 3 heterocycles. The lowest BCUT2D eigenvalue weighted by atomic mass is 10.1. The summed E-state index contributed by atoms with van der Waals surface area (Å²) in [5.74, 6) is 1.01. The maximum absolute atomic E-state index is 13.6. The fraction of sp³-hybridized carbons (Fsp3) is 0.652. The van der Waals surface area contributed by atoms with E-state index in [4.69, 9.17) is 19.0 Å². The van der Waals surface area contributed by atoms with Crippen LogP contribution in [0.1, 0.15) is 58.4 Å². The molecule has 3 rings (SSSR count). The van der Waals surface area contributed by atoms with E-state index in [9.17, 15) is 4.39 Å². The molecule has 173 valence electrons. The fourth-order valence-corrected chi connectivity index (χ4v) is 10.3. The fourth-order valence-electron chi connectivity index (χ4n) is 5.11. The number of ether oxygens (including phenoxy) is 2. The van der Waals surface area contributed by atoms with Gasteiger partial charge in [-0.25, -0.2) is 14.1 Å². The van der Waals surface area contributed by atoms with E-state index < -0.39 is 15.0 Å². The topological polar surface area (TPSA) is 58.4 Å². The van der Waals surface area contributed by atoms with E-state index in [1.807, 2.05) is 4.68 Å². The third-order valence-corrected chi connectivity index (χ3v) is 12.5. The molecular weight excluding hydrogens is 413 g/mol. The monoisotopic (exact) mass is 449 g/mol. The lowest BCUT2D eigenvalue weighted by molar-refractivity contribution is 0.145. The molecule has 2 aromatic heterocycles. The molecule has 0 unspecified atom stereocenters. The van der Waals surface area contributed by atoms with Crippen molar-refractivity contribution in [3.05, 3.63) is 29.1 Å². The number of hydrogen-bond donors (Lipinski definition) is 0. The molecule has 2 aromatic rings. The van der Waals surface area contributed by atoms with E-state index in [2.05, 4.69) is 46.5 Å². The van der Waals surface area contributed by atoms with Gasteiger partial charge in [0.05, 0.1) is 46.2 Å². The van der Waals surface area contributed by atoms with Gasteiger partial charge < -0.3 is 13.9 Å². The molecule has 0 bridgehead atoms. The first-order valence-electron chi connectivity index (χ1n) is 11.2. The van der Waals surface area contributed by atoms with E-state index >= 15 is 0 Å². The normalized spacial score (nSPS) is 14.8. The molecule has 0 atom stereocenters. The summed E-state index contributed by atoms with van der Waals surface area (Å²) in [7, 11) is -0.678. The highest BCUT2D eigenvalue weighted by Crippen LogP contribution is 2.44. The standard InChI is InChI=1S/C23H36FN3O3Si/c1-15(2)31(16(3)4,17(5)6)30-23-20-8-10-29-11-9-21(20)27(26-23)19-12-18(13-24)22(28-7)25-14-19/h12,14-17H,8-11,13H2,1-7H3/q-1. The van der Waals surface area contributed by atoms with Crippen molar-refractivity contribution in [3.8, 4) is 17.4 Å². The van der Waals surface area contributed by atoms with Crippen LogP contribution in [-0.4, -0.2) is 43.4 Å². The van der Waals surface area contributed by atoms with E-state index in [0.717, 1.165) is 24.1 Å². The Hall–Kier alpha value is -1.93. The van der Waals surface area contributed by atoms with E-state index in [1.165, 1.54) is 7.11 Å². The Labute approximate surface area is 186 Å². The van der Waals surface area contributed by atoms with Crippen molar-refractivity contribution >= 4 is 8.32 Å². The van der Waals surface area contributed by atoms with Crippen LogP contribution in [0, 0.1) is 0 Å². The molecule has 31 heavy (non-hydrogen) atoms. The van der Waals surface area contributed by atoms with Crippen molar-refractivity contribution in [2.24, 2.45) is 0 Å². The summed E-state index contributed by atoms with van der Waals surface area (Å²) in [6, 6.07) is 1.76. The number of fused-ring (bicyclic) bond motifs is 1. The van der Waals surface area contributed by atoms with Crippen LogP contribution in [-0.2, 0) is 24.3 Å². The van der Waals surface area contributed by atoms with Gasteiger partial charge in [0.2, 0.25) is 5.88 Å². The summed E-state index contributed by atoms with van der Waals surface area (Å²) in [4.78, 5) is 4.30. The van der Waals surface area contributed by atoms with Gasteiger partial charge in [0, 0.05) is 24.0 Å². The Balaban J connectivity index is 2.14. The first kappa shape index (κ1) is 23.7. The third kappa shape index (κ3) is 4.37. The minimum absolute atomic E-state index is 0.301. The van der Waals surface area contributed by atoms with Crippen LogP contribution >= 0.6 is 0 Å². The first-order valence-corrected chi connectivity index (χ1v) is 13.4. The zero-order valence-electron chi connectivity index (χ0n) is 19.9. The zero-order valence-corrected chi connectivity index (χ0v) is 20.9. The van der Waals surface area contributed by atoms with Crippen molar-refractivity contribution in [1.82, 2.24) is 14.8 Å². The molecule has 0 N–H and O–H groups in total. The Morgan fingerprint density at radius 2 is 1.71 bits per heavy atom. The summed E-state index contributed by atoms with van der Waals surface area (Å²) in [6.07, 6.45) is 3.16. The largest absolute Gasteiger partial charge is 0.674 e. The summed E-state index contributed by atoms with van der Waals surface area (Å²) in [5.41, 5.74) is 4.61. The van der Waals surface area contributed by atoms with Gasteiger partial charge >= 0.3 is 0 Å². The minimum atomic E-state index is -2.18. The van der Waals surface area contributed by atoms with E-state index in [1.54, 1.807) is 12.3 Å². The van der Waals surface area contributed by atoms with Crippen molar-refractivity contribution < 1.29 is 18.3 Å². The summed E-state index contributed by atoms with van der Waals surface area (Å²) in [5, 5.41) is 4.94. The number of hydrogen-bond acceptors (Lipinski definition) is 5. The summed E-state index contributed by atoms with van der Waals surface area (Å²) >= 11 is 0. The second-order valence-corrected chi connectivity index (χ2v) is 14.5. The Kier molecular flexibility index (Phi) is 7.42. The van der Waals surface area contributed by atoms with Crippen molar-refractivity contribution in [3.63, 3.8) is 0 Å². The van der Waals surface area contributed by atoms with Gasteiger partial charge in [-0.05, 0) is 6.07 Å². The quantitative estimate of drug-likeness (QED) is 0.504. The highest BCUT2D eigenvalue weighted by molar-refractivity contribution is 6.78. The molecule has 0 saturated carbocycles. The molecule has 0 spiro atoms. The second-order valence-electron chi connectivity index (χ2n) is 9.17. The van der Waals surface area contributed by atoms with Gasteiger partial charge in [-0.1, -0.05) is 41.5 Å². The molecule has 0 radical (unpaired) electrons. The molecule has 6 nitrogen and oxygen atoms in total. The maximum Gasteiger partial charge on any atom is 0.219 e. The average molecular weight is 450 g/mol. The number of methoxy groups -OCH3 is 1. The number of aromatic nitrogens is 3. The Morgan fingerprint density at radius 3 is 2.29 bits per heavy atom. The van der Waals surface area contributed by atoms with Gasteiger partial charge in [0.25, 0.3) is 0 Å². The summed E-state index contributed by atoms with van der Waals surface area (Å²) < 4.78 is 33.4. The van der Waals surface area contributed by atoms with Crippen LogP contribution in [0.2, 0.25) is 16.6 Å². The van der Waals surface area contributed by atoms with E-state index in [-0.39, 0.29) is 0 Å². The van der Waals surface area contributed by atoms with E-state index in [0.29, 0.717) is 52.8 Å². The predicted octanol–water partition coefficient (Wildman–Crippen LogP) is 5.41. The molecule has 0 saturated heterocycles. The second kappa shape index (κ2) is 9.69. The van der Waals surface area contributed by atoms with Crippen LogP contribution in [0.25, 0.3) is 5.69 Å². The number of alkyl halides is 1. The van der Waals surface area contributed by atoms with Crippen LogP contribution in [0.5, 0.6) is 11.8 Å². The molecule has 0 aromatic carbocycles. The maximum atomic E-state index is 13.6. The number of halogens is 1. The number of rotatable bonds is 8. The van der Waals surface area contributed by atoms with Crippen LogP contribution in [0.3, 0.4) is 0 Å². The molecule has 1 aliphatic heterocycles. The Bertz CT molecular complexity index is 877. The molecule has 8 heteroatoms.